The number of hydrogen-bond acceptors (Lipinski definition) is 3. The molecule has 0 heterocycles. The number of carbonyl (C=O) groups is 1. The van der Waals surface area contributed by atoms with Crippen LogP contribution in [0.1, 0.15) is 6.92 Å². The largest absolute Gasteiger partial charge is 0.349 e. The van der Waals surface area contributed by atoms with Crippen molar-refractivity contribution in [2.24, 2.45) is 0 Å². The first-order valence-electron chi connectivity index (χ1n) is 2.81. The molecule has 0 unspecified atom stereocenters. The third-order valence-electron chi connectivity index (χ3n) is 0.796. The van der Waals surface area contributed by atoms with Crippen LogP contribution in [0.25, 0.3) is 0 Å². The second-order valence-corrected chi connectivity index (χ2v) is 2.41. The van der Waals surface area contributed by atoms with Gasteiger partial charge in [-0.05, 0) is 12.0 Å². The fourth-order valence-electron chi connectivity index (χ4n) is 0. The van der Waals surface area contributed by atoms with Gasteiger partial charge in [-0.25, -0.2) is 0 Å². The van der Waals surface area contributed by atoms with Crippen LogP contribution in [0, 0.1) is 0 Å². The van der Waals surface area contributed by atoms with Gasteiger partial charge in [0.2, 0.25) is 5.91 Å². The second kappa shape index (κ2) is 8.78. The molecule has 0 radical (unpaired) electrons. The third kappa shape index (κ3) is 15.7. The number of hydrogen-bond donors (Lipinski definition) is 0. The van der Waals surface area contributed by atoms with Crippen LogP contribution < -0.4 is 0 Å². The Morgan fingerprint density at radius 1 is 1.50 bits per heavy atom. The highest BCUT2D eigenvalue weighted by atomic mass is 32.2. The van der Waals surface area contributed by atoms with Crippen LogP contribution in [0.2, 0.25) is 0 Å². The van der Waals surface area contributed by atoms with Crippen molar-refractivity contribution in [2.45, 2.75) is 6.92 Å². The van der Waals surface area contributed by atoms with Gasteiger partial charge in [0.1, 0.15) is 0 Å². The summed E-state index contributed by atoms with van der Waals surface area (Å²) in [7, 11) is 5.09. The van der Waals surface area contributed by atoms with Crippen LogP contribution in [0.4, 0.5) is 0 Å². The molecule has 4 heteroatoms. The molecule has 10 heavy (non-hydrogen) atoms. The molecule has 0 atom stereocenters. The lowest BCUT2D eigenvalue weighted by Gasteiger charge is -2.02. The topological polar surface area (TPSA) is 29.5 Å². The van der Waals surface area contributed by atoms with Gasteiger partial charge in [-0.15, -0.1) is 0 Å². The van der Waals surface area contributed by atoms with Crippen molar-refractivity contribution in [3.05, 3.63) is 0 Å². The molecule has 62 valence electrons. The van der Waals surface area contributed by atoms with E-state index in [-0.39, 0.29) is 5.91 Å². The number of amides is 1. The molecule has 1 amide bonds. The highest BCUT2D eigenvalue weighted by Crippen LogP contribution is 1.84. The summed E-state index contributed by atoms with van der Waals surface area (Å²) in [5, 5.41) is 0. The predicted octanol–water partition coefficient (Wildman–Crippen LogP) is 1.01. The van der Waals surface area contributed by atoms with Gasteiger partial charge in [-0.1, -0.05) is 0 Å². The summed E-state index contributed by atoms with van der Waals surface area (Å²) in [5.74, 6) is 0.0926. The molecule has 0 rings (SSSR count). The van der Waals surface area contributed by atoms with Gasteiger partial charge >= 0.3 is 0 Å². The summed E-state index contributed by atoms with van der Waals surface area (Å²) in [6, 6.07) is 0. The van der Waals surface area contributed by atoms with E-state index < -0.39 is 0 Å². The van der Waals surface area contributed by atoms with Crippen molar-refractivity contribution in [1.82, 2.24) is 4.90 Å². The zero-order chi connectivity index (χ0) is 8.57. The molecule has 0 bridgehead atoms. The van der Waals surface area contributed by atoms with Crippen molar-refractivity contribution >= 4 is 17.9 Å². The standard InChI is InChI=1S/C4H9NO.C2H6OS/c1-4(6)5(2)3;1-3-4-2/h1-3H3;1-2H3. The van der Waals surface area contributed by atoms with Gasteiger partial charge in [0, 0.05) is 27.3 Å². The summed E-state index contributed by atoms with van der Waals surface area (Å²) in [6.45, 7) is 1.53. The highest BCUT2D eigenvalue weighted by molar-refractivity contribution is 7.93. The van der Waals surface area contributed by atoms with Gasteiger partial charge in [-0.3, -0.25) is 4.79 Å². The van der Waals surface area contributed by atoms with E-state index in [1.54, 1.807) is 21.2 Å². The van der Waals surface area contributed by atoms with Gasteiger partial charge in [0.15, 0.2) is 0 Å². The minimum atomic E-state index is 0.0926. The van der Waals surface area contributed by atoms with Gasteiger partial charge in [0.25, 0.3) is 0 Å². The number of carbonyl (C=O) groups excluding carboxylic acids is 1. The summed E-state index contributed by atoms with van der Waals surface area (Å²) < 4.78 is 4.46. The maximum atomic E-state index is 10.1. The van der Waals surface area contributed by atoms with Crippen LogP contribution in [0.5, 0.6) is 0 Å². The molecule has 0 aromatic rings. The van der Waals surface area contributed by atoms with Crippen molar-refractivity contribution in [1.29, 1.82) is 0 Å². The van der Waals surface area contributed by atoms with Crippen LogP contribution in [-0.4, -0.2) is 38.3 Å². The molecular formula is C6H15NO2S. The molecule has 0 N–H and O–H groups in total. The minimum absolute atomic E-state index is 0.0926. The van der Waals surface area contributed by atoms with E-state index in [1.807, 2.05) is 6.26 Å². The minimum Gasteiger partial charge on any atom is -0.349 e. The van der Waals surface area contributed by atoms with Crippen molar-refractivity contribution < 1.29 is 8.98 Å². The molecule has 0 aromatic heterocycles. The monoisotopic (exact) mass is 165 g/mol. The summed E-state index contributed by atoms with van der Waals surface area (Å²) >= 11 is 1.36. The quantitative estimate of drug-likeness (QED) is 0.543. The Labute approximate surface area is 66.9 Å². The van der Waals surface area contributed by atoms with Gasteiger partial charge < -0.3 is 9.08 Å². The van der Waals surface area contributed by atoms with E-state index in [4.69, 9.17) is 0 Å². The molecular weight excluding hydrogens is 150 g/mol. The highest BCUT2D eigenvalue weighted by Gasteiger charge is 1.87. The molecule has 0 saturated heterocycles. The van der Waals surface area contributed by atoms with Crippen molar-refractivity contribution in [3.63, 3.8) is 0 Å². The summed E-state index contributed by atoms with van der Waals surface area (Å²) in [4.78, 5) is 11.6. The normalized spacial score (nSPS) is 7.70. The van der Waals surface area contributed by atoms with Crippen molar-refractivity contribution in [3.8, 4) is 0 Å². The maximum absolute atomic E-state index is 10.1. The molecule has 3 nitrogen and oxygen atoms in total. The van der Waals surface area contributed by atoms with Crippen LogP contribution in [0.15, 0.2) is 0 Å². The summed E-state index contributed by atoms with van der Waals surface area (Å²) in [5.41, 5.74) is 0. The first-order valence-corrected chi connectivity index (χ1v) is 3.96. The Bertz CT molecular complexity index is 83.8. The molecule has 0 aliphatic carbocycles. The first kappa shape index (κ1) is 12.5. The lowest BCUT2D eigenvalue weighted by molar-refractivity contribution is -0.126. The Morgan fingerprint density at radius 2 is 1.70 bits per heavy atom. The van der Waals surface area contributed by atoms with E-state index in [9.17, 15) is 4.79 Å². The Morgan fingerprint density at radius 3 is 1.70 bits per heavy atom. The van der Waals surface area contributed by atoms with Crippen LogP contribution in [-0.2, 0) is 8.98 Å². The van der Waals surface area contributed by atoms with Crippen molar-refractivity contribution in [2.75, 3.05) is 27.5 Å². The number of rotatable bonds is 1. The zero-order valence-electron chi connectivity index (χ0n) is 7.17. The third-order valence-corrected chi connectivity index (χ3v) is 1.13. The summed E-state index contributed by atoms with van der Waals surface area (Å²) in [6.07, 6.45) is 1.88. The van der Waals surface area contributed by atoms with E-state index in [1.165, 1.54) is 23.9 Å². The zero-order valence-corrected chi connectivity index (χ0v) is 7.99. The molecule has 0 aromatic carbocycles. The molecule has 0 saturated carbocycles. The maximum Gasteiger partial charge on any atom is 0.218 e. The molecule has 0 spiro atoms. The van der Waals surface area contributed by atoms with E-state index in [2.05, 4.69) is 4.18 Å². The van der Waals surface area contributed by atoms with Gasteiger partial charge in [-0.2, -0.15) is 0 Å². The molecule has 0 aliphatic rings. The molecule has 0 aliphatic heterocycles. The predicted molar refractivity (Wildman–Crippen MR) is 44.9 cm³/mol. The Kier molecular flexibility index (Phi) is 10.9. The Balaban J connectivity index is 0. The fraction of sp³-hybridized carbons (Fsp3) is 0.833. The first-order chi connectivity index (χ1) is 4.56. The van der Waals surface area contributed by atoms with Gasteiger partial charge in [0.05, 0.1) is 7.11 Å². The Hall–Kier alpha value is -0.220. The average Bonchev–Trinajstić information content (AvgIpc) is 1.89. The van der Waals surface area contributed by atoms with E-state index in [0.29, 0.717) is 0 Å². The van der Waals surface area contributed by atoms with E-state index >= 15 is 0 Å². The molecule has 0 fully saturated rings. The SMILES string of the molecule is CC(=O)N(C)C.COSC. The smallest absolute Gasteiger partial charge is 0.218 e. The average molecular weight is 165 g/mol. The van der Waals surface area contributed by atoms with E-state index in [0.717, 1.165) is 0 Å². The van der Waals surface area contributed by atoms with Crippen LogP contribution >= 0.6 is 12.0 Å². The fourth-order valence-corrected chi connectivity index (χ4v) is 0. The lowest BCUT2D eigenvalue weighted by Crippen LogP contribution is -2.17. The lowest BCUT2D eigenvalue weighted by atomic mass is 10.7. The number of nitrogens with zero attached hydrogens (tertiary/aromatic N) is 1. The second-order valence-electron chi connectivity index (χ2n) is 1.75. The van der Waals surface area contributed by atoms with Crippen LogP contribution in [0.3, 0.4) is 0 Å².